The summed E-state index contributed by atoms with van der Waals surface area (Å²) in [7, 11) is 0. The average molecular weight is 358 g/mol. The summed E-state index contributed by atoms with van der Waals surface area (Å²) in [5.74, 6) is -1.19. The lowest BCUT2D eigenvalue weighted by molar-refractivity contribution is -0.137. The van der Waals surface area contributed by atoms with Crippen LogP contribution in [0, 0.1) is 0 Å². The molecular formula is C18H22N4O4. The number of nitrogens with one attached hydrogen (secondary N) is 2. The van der Waals surface area contributed by atoms with E-state index in [9.17, 15) is 19.2 Å². The summed E-state index contributed by atoms with van der Waals surface area (Å²) in [5, 5.41) is 0. The number of nitrogen functional groups attached to an aromatic ring is 1. The second-order valence-corrected chi connectivity index (χ2v) is 5.99. The second kappa shape index (κ2) is 9.36. The third kappa shape index (κ3) is 6.04. The van der Waals surface area contributed by atoms with Crippen molar-refractivity contribution in [3.8, 4) is 0 Å². The molecule has 8 heteroatoms. The zero-order valence-corrected chi connectivity index (χ0v) is 14.4. The number of anilines is 1. The molecule has 0 aliphatic carbocycles. The van der Waals surface area contributed by atoms with E-state index in [0.717, 1.165) is 5.56 Å². The fourth-order valence-electron chi connectivity index (χ4n) is 2.45. The van der Waals surface area contributed by atoms with Crippen molar-refractivity contribution in [2.24, 2.45) is 0 Å². The van der Waals surface area contributed by atoms with E-state index in [1.165, 1.54) is 17.1 Å². The van der Waals surface area contributed by atoms with Crippen LogP contribution >= 0.6 is 0 Å². The summed E-state index contributed by atoms with van der Waals surface area (Å²) < 4.78 is 0. The normalized spacial score (nSPS) is 13.2. The molecule has 1 aliphatic heterocycles. The maximum atomic E-state index is 11.8. The molecule has 0 bridgehead atoms. The van der Waals surface area contributed by atoms with Gasteiger partial charge in [-0.25, -0.2) is 0 Å². The summed E-state index contributed by atoms with van der Waals surface area (Å²) in [5.41, 5.74) is 11.7. The number of imide groups is 1. The summed E-state index contributed by atoms with van der Waals surface area (Å²) in [6.07, 6.45) is 4.84. The van der Waals surface area contributed by atoms with Gasteiger partial charge in [0, 0.05) is 30.8 Å². The number of nitrogens with two attached hydrogens (primary N) is 1. The van der Waals surface area contributed by atoms with Gasteiger partial charge in [0.15, 0.2) is 0 Å². The summed E-state index contributed by atoms with van der Waals surface area (Å²) >= 11 is 0. The Morgan fingerprint density at radius 1 is 0.885 bits per heavy atom. The van der Waals surface area contributed by atoms with Crippen molar-refractivity contribution in [2.75, 3.05) is 12.3 Å². The molecule has 1 aliphatic rings. The van der Waals surface area contributed by atoms with Crippen LogP contribution in [0.4, 0.5) is 5.69 Å². The van der Waals surface area contributed by atoms with E-state index in [0.29, 0.717) is 31.5 Å². The zero-order valence-electron chi connectivity index (χ0n) is 14.4. The van der Waals surface area contributed by atoms with Crippen molar-refractivity contribution in [2.45, 2.75) is 32.1 Å². The Kier molecular flexibility index (Phi) is 6.90. The molecule has 1 heterocycles. The van der Waals surface area contributed by atoms with Gasteiger partial charge in [-0.05, 0) is 30.5 Å². The van der Waals surface area contributed by atoms with Crippen LogP contribution in [0.5, 0.6) is 0 Å². The Hall–Kier alpha value is -3.16. The molecular weight excluding hydrogens is 336 g/mol. The Balaban J connectivity index is 1.54. The number of nitrogens with zero attached hydrogens (tertiary/aromatic N) is 1. The van der Waals surface area contributed by atoms with Crippen LogP contribution in [0.1, 0.15) is 31.2 Å². The summed E-state index contributed by atoms with van der Waals surface area (Å²) in [4.78, 5) is 47.4. The highest BCUT2D eigenvalue weighted by atomic mass is 16.2. The number of hydrogen-bond acceptors (Lipinski definition) is 5. The molecule has 138 valence electrons. The van der Waals surface area contributed by atoms with Crippen molar-refractivity contribution in [1.29, 1.82) is 0 Å². The van der Waals surface area contributed by atoms with E-state index in [4.69, 9.17) is 5.73 Å². The second-order valence-electron chi connectivity index (χ2n) is 5.99. The smallest absolute Gasteiger partial charge is 0.253 e. The van der Waals surface area contributed by atoms with E-state index in [2.05, 4.69) is 10.9 Å². The molecule has 0 aromatic heterocycles. The van der Waals surface area contributed by atoms with Crippen LogP contribution in [-0.4, -0.2) is 35.1 Å². The van der Waals surface area contributed by atoms with E-state index in [-0.39, 0.29) is 36.5 Å². The van der Waals surface area contributed by atoms with Gasteiger partial charge in [-0.1, -0.05) is 18.6 Å². The van der Waals surface area contributed by atoms with Gasteiger partial charge in [-0.15, -0.1) is 0 Å². The fourth-order valence-corrected chi connectivity index (χ4v) is 2.45. The average Bonchev–Trinajstić information content (AvgIpc) is 2.93. The van der Waals surface area contributed by atoms with E-state index in [1.807, 2.05) is 0 Å². The van der Waals surface area contributed by atoms with E-state index >= 15 is 0 Å². The minimum Gasteiger partial charge on any atom is -0.399 e. The topological polar surface area (TPSA) is 122 Å². The third-order valence-electron chi connectivity index (χ3n) is 3.87. The minimum atomic E-state index is -0.318. The maximum Gasteiger partial charge on any atom is 0.253 e. The SMILES string of the molecule is Nc1ccc(CC(=O)NNC(=O)CCCCCN2C(=O)C=CC2=O)cc1. The summed E-state index contributed by atoms with van der Waals surface area (Å²) in [6.45, 7) is 0.352. The van der Waals surface area contributed by atoms with Gasteiger partial charge < -0.3 is 5.73 Å². The Morgan fingerprint density at radius 3 is 2.15 bits per heavy atom. The molecule has 4 N–H and O–H groups in total. The molecule has 0 unspecified atom stereocenters. The molecule has 4 amide bonds. The molecule has 2 rings (SSSR count). The van der Waals surface area contributed by atoms with Crippen LogP contribution in [-0.2, 0) is 25.6 Å². The maximum absolute atomic E-state index is 11.8. The Morgan fingerprint density at radius 2 is 1.50 bits per heavy atom. The lowest BCUT2D eigenvalue weighted by Gasteiger charge is -2.13. The van der Waals surface area contributed by atoms with Crippen molar-refractivity contribution in [3.05, 3.63) is 42.0 Å². The van der Waals surface area contributed by atoms with Gasteiger partial charge in [-0.2, -0.15) is 0 Å². The molecule has 8 nitrogen and oxygen atoms in total. The van der Waals surface area contributed by atoms with Crippen LogP contribution < -0.4 is 16.6 Å². The molecule has 0 spiro atoms. The highest BCUT2D eigenvalue weighted by Crippen LogP contribution is 2.08. The van der Waals surface area contributed by atoms with Crippen molar-refractivity contribution >= 4 is 29.3 Å². The largest absolute Gasteiger partial charge is 0.399 e. The number of hydrogen-bond donors (Lipinski definition) is 3. The molecule has 0 saturated heterocycles. The Bertz CT molecular complexity index is 694. The number of carbonyl (C=O) groups excluding carboxylic acids is 4. The Labute approximate surface area is 151 Å². The predicted molar refractivity (Wildman–Crippen MR) is 95.2 cm³/mol. The van der Waals surface area contributed by atoms with Crippen molar-refractivity contribution < 1.29 is 19.2 Å². The van der Waals surface area contributed by atoms with Gasteiger partial charge in [-0.3, -0.25) is 34.9 Å². The number of benzene rings is 1. The number of carbonyl (C=O) groups is 4. The first-order valence-corrected chi connectivity index (χ1v) is 8.41. The quantitative estimate of drug-likeness (QED) is 0.269. The first-order valence-electron chi connectivity index (χ1n) is 8.41. The number of unbranched alkanes of at least 4 members (excludes halogenated alkanes) is 2. The fraction of sp³-hybridized carbons (Fsp3) is 0.333. The zero-order chi connectivity index (χ0) is 18.9. The number of hydrazine groups is 1. The highest BCUT2D eigenvalue weighted by molar-refractivity contribution is 6.12. The first kappa shape index (κ1) is 19.2. The molecule has 26 heavy (non-hydrogen) atoms. The number of rotatable bonds is 8. The van der Waals surface area contributed by atoms with Crippen LogP contribution in [0.15, 0.2) is 36.4 Å². The van der Waals surface area contributed by atoms with E-state index in [1.54, 1.807) is 24.3 Å². The van der Waals surface area contributed by atoms with Gasteiger partial charge >= 0.3 is 0 Å². The van der Waals surface area contributed by atoms with Gasteiger partial charge in [0.05, 0.1) is 6.42 Å². The predicted octanol–water partition coefficient (Wildman–Crippen LogP) is 0.444. The molecule has 0 fully saturated rings. The van der Waals surface area contributed by atoms with Crippen LogP contribution in [0.25, 0.3) is 0 Å². The van der Waals surface area contributed by atoms with Gasteiger partial charge in [0.25, 0.3) is 11.8 Å². The first-order chi connectivity index (χ1) is 12.5. The highest BCUT2D eigenvalue weighted by Gasteiger charge is 2.22. The lowest BCUT2D eigenvalue weighted by atomic mass is 10.1. The standard InChI is InChI=1S/C18H22N4O4/c19-14-7-5-13(6-8-14)12-16(24)21-20-15(23)4-2-1-3-11-22-17(25)9-10-18(22)26/h5-10H,1-4,11-12,19H2,(H,20,23)(H,21,24). The van der Waals surface area contributed by atoms with Crippen LogP contribution in [0.3, 0.4) is 0 Å². The van der Waals surface area contributed by atoms with Crippen molar-refractivity contribution in [3.63, 3.8) is 0 Å². The monoisotopic (exact) mass is 358 g/mol. The lowest BCUT2D eigenvalue weighted by Crippen LogP contribution is -2.42. The molecule has 1 aromatic carbocycles. The number of amides is 4. The van der Waals surface area contributed by atoms with E-state index < -0.39 is 0 Å². The molecule has 0 saturated carbocycles. The molecule has 1 aromatic rings. The summed E-state index contributed by atoms with van der Waals surface area (Å²) in [6, 6.07) is 6.92. The van der Waals surface area contributed by atoms with Gasteiger partial charge in [0.1, 0.15) is 0 Å². The van der Waals surface area contributed by atoms with Gasteiger partial charge in [0.2, 0.25) is 11.8 Å². The molecule has 0 atom stereocenters. The van der Waals surface area contributed by atoms with Crippen LogP contribution in [0.2, 0.25) is 0 Å². The van der Waals surface area contributed by atoms with Crippen molar-refractivity contribution in [1.82, 2.24) is 15.8 Å². The third-order valence-corrected chi connectivity index (χ3v) is 3.87. The minimum absolute atomic E-state index is 0.145. The molecule has 0 radical (unpaired) electrons.